The van der Waals surface area contributed by atoms with E-state index in [1.807, 2.05) is 0 Å². The van der Waals surface area contributed by atoms with Crippen molar-refractivity contribution in [3.8, 4) is 0 Å². The molecule has 10 heteroatoms. The van der Waals surface area contributed by atoms with Gasteiger partial charge in [0.2, 0.25) is 0 Å². The van der Waals surface area contributed by atoms with E-state index in [4.69, 9.17) is 4.74 Å². The summed E-state index contributed by atoms with van der Waals surface area (Å²) >= 11 is 1.29. The molecule has 2 aromatic rings. The molecule has 1 fully saturated rings. The highest BCUT2D eigenvalue weighted by atomic mass is 35.5. The summed E-state index contributed by atoms with van der Waals surface area (Å²) in [5.74, 6) is -0.261. The summed E-state index contributed by atoms with van der Waals surface area (Å²) in [6.45, 7) is 1.66. The molecule has 1 aromatic heterocycles. The molecule has 1 unspecified atom stereocenters. The van der Waals surface area contributed by atoms with E-state index in [0.717, 1.165) is 29.1 Å². The van der Waals surface area contributed by atoms with Gasteiger partial charge in [0, 0.05) is 30.6 Å². The van der Waals surface area contributed by atoms with Crippen LogP contribution in [-0.4, -0.2) is 36.7 Å². The lowest BCUT2D eigenvalue weighted by atomic mass is 10.1. The Morgan fingerprint density at radius 3 is 2.69 bits per heavy atom. The first-order chi connectivity index (χ1) is 11.9. The SMILES string of the molecule is Cl.O=C(Nc1ncc(Cc2ccc(C(F)(F)F)cc2)s1)C1CNCCO1. The second-order valence-corrected chi connectivity index (χ2v) is 6.67. The number of nitrogens with zero attached hydrogens (tertiary/aromatic N) is 1. The molecule has 0 radical (unpaired) electrons. The van der Waals surface area contributed by atoms with Crippen LogP contribution < -0.4 is 10.6 Å². The van der Waals surface area contributed by atoms with Crippen LogP contribution in [0.2, 0.25) is 0 Å². The van der Waals surface area contributed by atoms with Crippen molar-refractivity contribution in [2.45, 2.75) is 18.7 Å². The summed E-state index contributed by atoms with van der Waals surface area (Å²) in [6.07, 6.45) is -2.82. The number of halogens is 4. The molecule has 1 aliphatic heterocycles. The molecule has 2 N–H and O–H groups in total. The topological polar surface area (TPSA) is 63.2 Å². The molecule has 1 aromatic carbocycles. The van der Waals surface area contributed by atoms with Crippen molar-refractivity contribution in [1.82, 2.24) is 10.3 Å². The number of morpholine rings is 1. The zero-order chi connectivity index (χ0) is 17.9. The molecule has 1 amide bonds. The van der Waals surface area contributed by atoms with Gasteiger partial charge in [-0.1, -0.05) is 12.1 Å². The summed E-state index contributed by atoms with van der Waals surface area (Å²) in [7, 11) is 0. The lowest BCUT2D eigenvalue weighted by Crippen LogP contribution is -2.45. The smallest absolute Gasteiger partial charge is 0.366 e. The van der Waals surface area contributed by atoms with Crippen LogP contribution in [0.4, 0.5) is 18.3 Å². The van der Waals surface area contributed by atoms with Gasteiger partial charge in [0.15, 0.2) is 5.13 Å². The number of anilines is 1. The summed E-state index contributed by atoms with van der Waals surface area (Å²) in [4.78, 5) is 17.0. The van der Waals surface area contributed by atoms with Crippen molar-refractivity contribution >= 4 is 34.8 Å². The molecular formula is C16H17ClF3N3O2S. The minimum Gasteiger partial charge on any atom is -0.366 e. The molecular weight excluding hydrogens is 391 g/mol. The van der Waals surface area contributed by atoms with Gasteiger partial charge >= 0.3 is 6.18 Å². The molecule has 0 spiro atoms. The van der Waals surface area contributed by atoms with Gasteiger partial charge in [-0.15, -0.1) is 23.7 Å². The van der Waals surface area contributed by atoms with E-state index in [2.05, 4.69) is 15.6 Å². The first kappa shape index (κ1) is 20.6. The van der Waals surface area contributed by atoms with Crippen LogP contribution in [0.25, 0.3) is 0 Å². The molecule has 2 heterocycles. The van der Waals surface area contributed by atoms with Crippen LogP contribution in [0.15, 0.2) is 30.5 Å². The predicted molar refractivity (Wildman–Crippen MR) is 94.9 cm³/mol. The summed E-state index contributed by atoms with van der Waals surface area (Å²) in [6, 6.07) is 5.02. The fourth-order valence-electron chi connectivity index (χ4n) is 2.38. The largest absolute Gasteiger partial charge is 0.416 e. The van der Waals surface area contributed by atoms with E-state index >= 15 is 0 Å². The van der Waals surface area contributed by atoms with Crippen molar-refractivity contribution in [2.24, 2.45) is 0 Å². The maximum Gasteiger partial charge on any atom is 0.416 e. The fourth-order valence-corrected chi connectivity index (χ4v) is 3.23. The molecule has 142 valence electrons. The van der Waals surface area contributed by atoms with E-state index < -0.39 is 17.8 Å². The lowest BCUT2D eigenvalue weighted by molar-refractivity contribution is -0.137. The third-order valence-corrected chi connectivity index (χ3v) is 4.58. The van der Waals surface area contributed by atoms with Crippen LogP contribution >= 0.6 is 23.7 Å². The van der Waals surface area contributed by atoms with Gasteiger partial charge in [-0.25, -0.2) is 4.98 Å². The van der Waals surface area contributed by atoms with Crippen LogP contribution in [0.1, 0.15) is 16.0 Å². The molecule has 1 atom stereocenters. The number of amides is 1. The molecule has 1 aliphatic rings. The number of carbonyl (C=O) groups excluding carboxylic acids is 1. The Morgan fingerprint density at radius 2 is 2.08 bits per heavy atom. The minimum atomic E-state index is -4.34. The van der Waals surface area contributed by atoms with Crippen molar-refractivity contribution in [3.05, 3.63) is 46.5 Å². The Bertz CT molecular complexity index is 731. The van der Waals surface area contributed by atoms with Gasteiger partial charge < -0.3 is 10.1 Å². The number of thiazole rings is 1. The van der Waals surface area contributed by atoms with E-state index in [0.29, 0.717) is 24.7 Å². The monoisotopic (exact) mass is 407 g/mol. The molecule has 0 bridgehead atoms. The number of benzene rings is 1. The number of nitrogens with one attached hydrogen (secondary N) is 2. The van der Waals surface area contributed by atoms with Gasteiger partial charge in [-0.3, -0.25) is 10.1 Å². The van der Waals surface area contributed by atoms with Crippen molar-refractivity contribution < 1.29 is 22.7 Å². The first-order valence-corrected chi connectivity index (χ1v) is 8.47. The standard InChI is InChI=1S/C16H16F3N3O2S.ClH/c17-16(18,19)11-3-1-10(2-4-11)7-12-8-21-15(25-12)22-14(23)13-9-20-5-6-24-13;/h1-4,8,13,20H,5-7,9H2,(H,21,22,23);1H. The Morgan fingerprint density at radius 1 is 1.35 bits per heavy atom. The van der Waals surface area contributed by atoms with E-state index in [1.54, 1.807) is 6.20 Å². The normalized spacial score (nSPS) is 17.4. The van der Waals surface area contributed by atoms with Crippen molar-refractivity contribution in [1.29, 1.82) is 0 Å². The second kappa shape index (κ2) is 8.81. The second-order valence-electron chi connectivity index (χ2n) is 5.56. The molecule has 26 heavy (non-hydrogen) atoms. The summed E-state index contributed by atoms with van der Waals surface area (Å²) in [5.41, 5.74) is 0.0731. The highest BCUT2D eigenvalue weighted by Crippen LogP contribution is 2.30. The van der Waals surface area contributed by atoms with Gasteiger partial charge in [-0.2, -0.15) is 13.2 Å². The fraction of sp³-hybridized carbons (Fsp3) is 0.375. The number of hydrogen-bond donors (Lipinski definition) is 2. The number of rotatable bonds is 4. The van der Waals surface area contributed by atoms with E-state index in [-0.39, 0.29) is 18.3 Å². The predicted octanol–water partition coefficient (Wildman–Crippen LogP) is 3.10. The molecule has 5 nitrogen and oxygen atoms in total. The Labute approximate surface area is 158 Å². The van der Waals surface area contributed by atoms with Gasteiger partial charge in [0.25, 0.3) is 5.91 Å². The number of alkyl halides is 3. The van der Waals surface area contributed by atoms with E-state index in [1.165, 1.54) is 23.5 Å². The maximum absolute atomic E-state index is 12.6. The average molecular weight is 408 g/mol. The highest BCUT2D eigenvalue weighted by molar-refractivity contribution is 7.15. The number of hydrogen-bond acceptors (Lipinski definition) is 5. The van der Waals surface area contributed by atoms with Gasteiger partial charge in [-0.05, 0) is 17.7 Å². The number of ether oxygens (including phenoxy) is 1. The number of carbonyl (C=O) groups is 1. The lowest BCUT2D eigenvalue weighted by Gasteiger charge is -2.22. The zero-order valence-corrected chi connectivity index (χ0v) is 15.1. The van der Waals surface area contributed by atoms with Gasteiger partial charge in [0.05, 0.1) is 12.2 Å². The Balaban J connectivity index is 0.00000243. The molecule has 0 aliphatic carbocycles. The van der Waals surface area contributed by atoms with Crippen LogP contribution in [0.5, 0.6) is 0 Å². The van der Waals surface area contributed by atoms with Crippen molar-refractivity contribution in [2.75, 3.05) is 25.0 Å². The zero-order valence-electron chi connectivity index (χ0n) is 13.5. The third kappa shape index (κ3) is 5.41. The summed E-state index contributed by atoms with van der Waals surface area (Å²) < 4.78 is 43.0. The van der Waals surface area contributed by atoms with Crippen LogP contribution in [-0.2, 0) is 22.1 Å². The van der Waals surface area contributed by atoms with Crippen molar-refractivity contribution in [3.63, 3.8) is 0 Å². The molecule has 0 saturated carbocycles. The third-order valence-electron chi connectivity index (χ3n) is 3.66. The summed E-state index contributed by atoms with van der Waals surface area (Å²) in [5, 5.41) is 6.22. The van der Waals surface area contributed by atoms with E-state index in [9.17, 15) is 18.0 Å². The highest BCUT2D eigenvalue weighted by Gasteiger charge is 2.30. The first-order valence-electron chi connectivity index (χ1n) is 7.66. The molecule has 3 rings (SSSR count). The quantitative estimate of drug-likeness (QED) is 0.817. The van der Waals surface area contributed by atoms with Crippen LogP contribution in [0, 0.1) is 0 Å². The minimum absolute atomic E-state index is 0. The van der Waals surface area contributed by atoms with Gasteiger partial charge in [0.1, 0.15) is 6.10 Å². The number of aromatic nitrogens is 1. The Hall–Kier alpha value is -1.68. The maximum atomic E-state index is 12.6. The molecule has 1 saturated heterocycles. The average Bonchev–Trinajstić information content (AvgIpc) is 3.02. The Kier molecular flexibility index (Phi) is 6.99. The van der Waals surface area contributed by atoms with Crippen LogP contribution in [0.3, 0.4) is 0 Å².